The highest BCUT2D eigenvalue weighted by atomic mass is 16.1. The van der Waals surface area contributed by atoms with E-state index in [1.807, 2.05) is 6.92 Å². The third-order valence-electron chi connectivity index (χ3n) is 4.33. The summed E-state index contributed by atoms with van der Waals surface area (Å²) in [6.45, 7) is 5.64. The van der Waals surface area contributed by atoms with Gasteiger partial charge in [-0.15, -0.1) is 0 Å². The molecule has 2 aliphatic carbocycles. The molecule has 0 spiro atoms. The van der Waals surface area contributed by atoms with Crippen molar-refractivity contribution >= 4 is 5.78 Å². The molecule has 0 aromatic rings. The number of carbonyl (C=O) groups excluding carboxylic acids is 1. The van der Waals surface area contributed by atoms with Gasteiger partial charge in [0.15, 0.2) is 5.78 Å². The van der Waals surface area contributed by atoms with E-state index >= 15 is 0 Å². The van der Waals surface area contributed by atoms with Crippen LogP contribution in [0.2, 0.25) is 0 Å². The molecule has 0 radical (unpaired) electrons. The maximum Gasteiger partial charge on any atom is 0.161 e. The van der Waals surface area contributed by atoms with Crippen LogP contribution in [-0.4, -0.2) is 5.78 Å². The minimum Gasteiger partial charge on any atom is -0.294 e. The Morgan fingerprint density at radius 1 is 1.07 bits per heavy atom. The third kappa shape index (κ3) is 2.32. The third-order valence-corrected chi connectivity index (χ3v) is 4.33. The fourth-order valence-corrected chi connectivity index (χ4v) is 3.46. The van der Waals surface area contributed by atoms with Crippen LogP contribution in [0.3, 0.4) is 0 Å². The topological polar surface area (TPSA) is 17.1 Å². The summed E-state index contributed by atoms with van der Waals surface area (Å²) in [4.78, 5) is 11.9. The Kier molecular flexibility index (Phi) is 3.28. The van der Waals surface area contributed by atoms with Crippen molar-refractivity contribution in [1.29, 1.82) is 0 Å². The Morgan fingerprint density at radius 2 is 1.73 bits per heavy atom. The predicted octanol–water partition coefficient (Wildman–Crippen LogP) is 3.74. The standard InChI is InChI=1S/C14H22O/c1-10(2)14(15)13-8-7-11-5-3-4-6-12(11)9-13/h11-13H,1,3-9H2,2H3. The molecule has 2 aliphatic rings. The normalized spacial score (nSPS) is 35.7. The van der Waals surface area contributed by atoms with Crippen molar-refractivity contribution in [3.05, 3.63) is 12.2 Å². The van der Waals surface area contributed by atoms with E-state index in [0.717, 1.165) is 30.3 Å². The lowest BCUT2D eigenvalue weighted by Gasteiger charge is -2.38. The van der Waals surface area contributed by atoms with Crippen LogP contribution in [0.1, 0.15) is 51.9 Å². The zero-order valence-corrected chi connectivity index (χ0v) is 9.80. The monoisotopic (exact) mass is 206 g/mol. The number of ketones is 1. The fraction of sp³-hybridized carbons (Fsp3) is 0.786. The number of rotatable bonds is 2. The van der Waals surface area contributed by atoms with E-state index in [1.54, 1.807) is 0 Å². The molecule has 84 valence electrons. The number of hydrogen-bond donors (Lipinski definition) is 0. The van der Waals surface area contributed by atoms with Crippen LogP contribution in [0, 0.1) is 17.8 Å². The molecule has 0 aliphatic heterocycles. The largest absolute Gasteiger partial charge is 0.294 e. The second-order valence-electron chi connectivity index (χ2n) is 5.46. The Labute approximate surface area is 92.9 Å². The lowest BCUT2D eigenvalue weighted by Crippen LogP contribution is -2.31. The van der Waals surface area contributed by atoms with Crippen molar-refractivity contribution in [3.8, 4) is 0 Å². The first-order valence-corrected chi connectivity index (χ1v) is 6.38. The quantitative estimate of drug-likeness (QED) is 0.629. The number of allylic oxidation sites excluding steroid dienone is 1. The van der Waals surface area contributed by atoms with Crippen molar-refractivity contribution in [2.24, 2.45) is 17.8 Å². The summed E-state index contributed by atoms with van der Waals surface area (Å²) in [5.74, 6) is 2.43. The Morgan fingerprint density at radius 3 is 2.40 bits per heavy atom. The number of Topliss-reactive ketones (excluding diaryl/α,β-unsaturated/α-hetero) is 1. The van der Waals surface area contributed by atoms with E-state index in [1.165, 1.54) is 32.1 Å². The maximum atomic E-state index is 11.9. The van der Waals surface area contributed by atoms with Gasteiger partial charge in [0, 0.05) is 5.92 Å². The lowest BCUT2D eigenvalue weighted by atomic mass is 9.66. The van der Waals surface area contributed by atoms with Crippen molar-refractivity contribution < 1.29 is 4.79 Å². The van der Waals surface area contributed by atoms with Crippen LogP contribution in [0.4, 0.5) is 0 Å². The Hall–Kier alpha value is -0.590. The van der Waals surface area contributed by atoms with Crippen molar-refractivity contribution in [1.82, 2.24) is 0 Å². The first-order chi connectivity index (χ1) is 7.18. The van der Waals surface area contributed by atoms with Gasteiger partial charge in [0.2, 0.25) is 0 Å². The summed E-state index contributed by atoms with van der Waals surface area (Å²) in [6.07, 6.45) is 9.14. The van der Waals surface area contributed by atoms with Gasteiger partial charge in [-0.2, -0.15) is 0 Å². The SMILES string of the molecule is C=C(C)C(=O)C1CCC2CCCCC2C1. The molecule has 1 heteroatoms. The first-order valence-electron chi connectivity index (χ1n) is 6.38. The summed E-state index contributed by atoms with van der Waals surface area (Å²) in [5, 5.41) is 0. The summed E-state index contributed by atoms with van der Waals surface area (Å²) in [6, 6.07) is 0. The molecule has 1 nitrogen and oxygen atoms in total. The van der Waals surface area contributed by atoms with E-state index < -0.39 is 0 Å². The van der Waals surface area contributed by atoms with Crippen LogP contribution < -0.4 is 0 Å². The zero-order chi connectivity index (χ0) is 10.8. The smallest absolute Gasteiger partial charge is 0.161 e. The van der Waals surface area contributed by atoms with E-state index in [-0.39, 0.29) is 0 Å². The van der Waals surface area contributed by atoms with Gasteiger partial charge in [-0.3, -0.25) is 4.79 Å². The number of hydrogen-bond acceptors (Lipinski definition) is 1. The summed E-state index contributed by atoms with van der Waals surface area (Å²) >= 11 is 0. The van der Waals surface area contributed by atoms with Gasteiger partial charge in [0.05, 0.1) is 0 Å². The van der Waals surface area contributed by atoms with E-state index in [0.29, 0.717) is 11.7 Å². The molecule has 0 aromatic carbocycles. The highest BCUT2D eigenvalue weighted by Gasteiger charge is 2.34. The van der Waals surface area contributed by atoms with E-state index in [9.17, 15) is 4.79 Å². The Balaban J connectivity index is 1.96. The van der Waals surface area contributed by atoms with E-state index in [4.69, 9.17) is 0 Å². The van der Waals surface area contributed by atoms with Gasteiger partial charge in [0.1, 0.15) is 0 Å². The average molecular weight is 206 g/mol. The zero-order valence-electron chi connectivity index (χ0n) is 9.80. The van der Waals surface area contributed by atoms with Crippen molar-refractivity contribution in [3.63, 3.8) is 0 Å². The fourth-order valence-electron chi connectivity index (χ4n) is 3.46. The summed E-state index contributed by atoms with van der Waals surface area (Å²) in [5.41, 5.74) is 0.759. The molecule has 2 fully saturated rings. The van der Waals surface area contributed by atoms with Gasteiger partial charge in [-0.1, -0.05) is 32.3 Å². The molecule has 0 aromatic heterocycles. The molecule has 0 bridgehead atoms. The molecule has 3 atom stereocenters. The molecule has 15 heavy (non-hydrogen) atoms. The van der Waals surface area contributed by atoms with Crippen LogP contribution >= 0.6 is 0 Å². The summed E-state index contributed by atoms with van der Waals surface area (Å²) < 4.78 is 0. The van der Waals surface area contributed by atoms with E-state index in [2.05, 4.69) is 6.58 Å². The molecule has 3 unspecified atom stereocenters. The molecule has 2 saturated carbocycles. The maximum absolute atomic E-state index is 11.9. The minimum absolute atomic E-state index is 0.307. The van der Waals surface area contributed by atoms with Gasteiger partial charge in [-0.05, 0) is 43.6 Å². The van der Waals surface area contributed by atoms with Gasteiger partial charge < -0.3 is 0 Å². The molecule has 0 N–H and O–H groups in total. The summed E-state index contributed by atoms with van der Waals surface area (Å²) in [7, 11) is 0. The van der Waals surface area contributed by atoms with Gasteiger partial charge in [0.25, 0.3) is 0 Å². The average Bonchev–Trinajstić information content (AvgIpc) is 2.27. The molecule has 0 amide bonds. The van der Waals surface area contributed by atoms with Crippen molar-refractivity contribution in [2.45, 2.75) is 51.9 Å². The molecule has 0 heterocycles. The van der Waals surface area contributed by atoms with Crippen LogP contribution in [0.25, 0.3) is 0 Å². The second kappa shape index (κ2) is 4.51. The van der Waals surface area contributed by atoms with Crippen molar-refractivity contribution in [2.75, 3.05) is 0 Å². The second-order valence-corrected chi connectivity index (χ2v) is 5.46. The van der Waals surface area contributed by atoms with Crippen LogP contribution in [-0.2, 0) is 4.79 Å². The first kappa shape index (κ1) is 10.9. The Bertz CT molecular complexity index is 267. The number of fused-ring (bicyclic) bond motifs is 1. The van der Waals surface area contributed by atoms with Crippen LogP contribution in [0.5, 0.6) is 0 Å². The molecule has 2 rings (SSSR count). The molecular weight excluding hydrogens is 184 g/mol. The van der Waals surface area contributed by atoms with Gasteiger partial charge in [-0.25, -0.2) is 0 Å². The predicted molar refractivity (Wildman–Crippen MR) is 62.6 cm³/mol. The molecular formula is C14H22O. The molecule has 0 saturated heterocycles. The minimum atomic E-state index is 0.307. The highest BCUT2D eigenvalue weighted by Crippen LogP contribution is 2.43. The van der Waals surface area contributed by atoms with Crippen LogP contribution in [0.15, 0.2) is 12.2 Å². The lowest BCUT2D eigenvalue weighted by molar-refractivity contribution is -0.121. The number of carbonyl (C=O) groups is 1. The van der Waals surface area contributed by atoms with Gasteiger partial charge >= 0.3 is 0 Å². The highest BCUT2D eigenvalue weighted by molar-refractivity contribution is 5.96.